The smallest absolute Gasteiger partial charge is 0.399 e. The van der Waals surface area contributed by atoms with Crippen molar-refractivity contribution >= 4 is 12.6 Å². The van der Waals surface area contributed by atoms with Crippen LogP contribution in [-0.2, 0) is 15.9 Å². The van der Waals surface area contributed by atoms with E-state index in [1.807, 2.05) is 32.6 Å². The van der Waals surface area contributed by atoms with Crippen LogP contribution in [0, 0.1) is 11.6 Å². The fourth-order valence-corrected chi connectivity index (χ4v) is 2.98. The Balaban J connectivity index is 1.80. The largest absolute Gasteiger partial charge is 0.495 e. The first kappa shape index (κ1) is 17.8. The summed E-state index contributed by atoms with van der Waals surface area (Å²) in [5.41, 5.74) is -0.585. The molecule has 2 heterocycles. The molecule has 132 valence electrons. The van der Waals surface area contributed by atoms with Crippen molar-refractivity contribution in [2.24, 2.45) is 0 Å². The fourth-order valence-electron chi connectivity index (χ4n) is 2.98. The molecule has 0 atom stereocenters. The first-order valence-electron chi connectivity index (χ1n) is 8.46. The maximum atomic E-state index is 14.5. The summed E-state index contributed by atoms with van der Waals surface area (Å²) in [7, 11) is -0.757. The highest BCUT2D eigenvalue weighted by atomic mass is 19.1. The molecule has 2 fully saturated rings. The standard InChI is InChI=1S/C17H25BF2N2O2/c1-16(2)17(3,4)24-18(23-16)12-9-14(19)13(15(20)10-12)11-22-7-5-21-6-8-22/h9-10,21H,5-8,11H2,1-4H3. The van der Waals surface area contributed by atoms with E-state index in [9.17, 15) is 8.78 Å². The van der Waals surface area contributed by atoms with Crippen LogP contribution in [0.4, 0.5) is 8.78 Å². The average molecular weight is 338 g/mol. The van der Waals surface area contributed by atoms with E-state index in [0.29, 0.717) is 5.46 Å². The minimum Gasteiger partial charge on any atom is -0.399 e. The Labute approximate surface area is 142 Å². The van der Waals surface area contributed by atoms with Crippen molar-refractivity contribution < 1.29 is 18.1 Å². The number of hydrogen-bond donors (Lipinski definition) is 1. The molecule has 1 N–H and O–H groups in total. The lowest BCUT2D eigenvalue weighted by Crippen LogP contribution is -2.43. The van der Waals surface area contributed by atoms with E-state index in [2.05, 4.69) is 5.32 Å². The van der Waals surface area contributed by atoms with Gasteiger partial charge in [0.05, 0.1) is 11.2 Å². The second-order valence-corrected chi connectivity index (χ2v) is 7.58. The third kappa shape index (κ3) is 3.35. The first-order valence-corrected chi connectivity index (χ1v) is 8.46. The SMILES string of the molecule is CC1(C)OB(c2cc(F)c(CN3CCNCC3)c(F)c2)OC1(C)C. The lowest BCUT2D eigenvalue weighted by atomic mass is 9.78. The number of halogens is 2. The third-order valence-corrected chi connectivity index (χ3v) is 5.28. The van der Waals surface area contributed by atoms with Crippen LogP contribution in [0.5, 0.6) is 0 Å². The number of nitrogens with one attached hydrogen (secondary N) is 1. The van der Waals surface area contributed by atoms with Crippen LogP contribution >= 0.6 is 0 Å². The number of rotatable bonds is 3. The summed E-state index contributed by atoms with van der Waals surface area (Å²) in [5, 5.41) is 3.23. The van der Waals surface area contributed by atoms with Gasteiger partial charge < -0.3 is 14.6 Å². The molecular formula is C17H25BF2N2O2. The van der Waals surface area contributed by atoms with Crippen molar-refractivity contribution in [3.63, 3.8) is 0 Å². The average Bonchev–Trinajstić information content (AvgIpc) is 2.72. The van der Waals surface area contributed by atoms with Gasteiger partial charge in [0.25, 0.3) is 0 Å². The first-order chi connectivity index (χ1) is 11.2. The van der Waals surface area contributed by atoms with Gasteiger partial charge in [-0.15, -0.1) is 0 Å². The monoisotopic (exact) mass is 338 g/mol. The highest BCUT2D eigenvalue weighted by Gasteiger charge is 2.52. The molecule has 2 saturated heterocycles. The lowest BCUT2D eigenvalue weighted by molar-refractivity contribution is 0.00578. The highest BCUT2D eigenvalue weighted by molar-refractivity contribution is 6.62. The van der Waals surface area contributed by atoms with Crippen LogP contribution in [0.2, 0.25) is 0 Å². The second kappa shape index (κ2) is 6.37. The van der Waals surface area contributed by atoms with Gasteiger partial charge in [0.15, 0.2) is 0 Å². The van der Waals surface area contributed by atoms with Gasteiger partial charge in [-0.05, 0) is 45.3 Å². The van der Waals surface area contributed by atoms with Gasteiger partial charge in [0.1, 0.15) is 11.6 Å². The van der Waals surface area contributed by atoms with Gasteiger partial charge in [0.2, 0.25) is 0 Å². The van der Waals surface area contributed by atoms with E-state index in [0.717, 1.165) is 26.2 Å². The van der Waals surface area contributed by atoms with E-state index in [1.165, 1.54) is 12.1 Å². The Morgan fingerprint density at radius 1 is 1.04 bits per heavy atom. The molecule has 1 aromatic rings. The van der Waals surface area contributed by atoms with Crippen LogP contribution in [0.15, 0.2) is 12.1 Å². The minimum atomic E-state index is -0.757. The Bertz CT molecular complexity index is 580. The van der Waals surface area contributed by atoms with E-state index < -0.39 is 30.0 Å². The summed E-state index contributed by atoms with van der Waals surface area (Å²) in [6.45, 7) is 11.2. The third-order valence-electron chi connectivity index (χ3n) is 5.28. The van der Waals surface area contributed by atoms with Gasteiger partial charge in [-0.3, -0.25) is 4.90 Å². The van der Waals surface area contributed by atoms with E-state index in [-0.39, 0.29) is 12.1 Å². The normalized spacial score (nSPS) is 23.7. The van der Waals surface area contributed by atoms with E-state index in [4.69, 9.17) is 9.31 Å². The number of hydrogen-bond acceptors (Lipinski definition) is 4. The molecule has 24 heavy (non-hydrogen) atoms. The summed E-state index contributed by atoms with van der Waals surface area (Å²) < 4.78 is 40.8. The van der Waals surface area contributed by atoms with Crippen molar-refractivity contribution in [1.82, 2.24) is 10.2 Å². The van der Waals surface area contributed by atoms with Gasteiger partial charge >= 0.3 is 7.12 Å². The molecule has 3 rings (SSSR count). The van der Waals surface area contributed by atoms with Crippen LogP contribution in [-0.4, -0.2) is 49.4 Å². The van der Waals surface area contributed by atoms with Crippen molar-refractivity contribution in [2.45, 2.75) is 45.4 Å². The molecule has 0 radical (unpaired) electrons. The zero-order valence-corrected chi connectivity index (χ0v) is 14.8. The Morgan fingerprint density at radius 3 is 2.04 bits per heavy atom. The summed E-state index contributed by atoms with van der Waals surface area (Å²) in [4.78, 5) is 2.05. The van der Waals surface area contributed by atoms with Gasteiger partial charge in [-0.2, -0.15) is 0 Å². The van der Waals surface area contributed by atoms with Crippen molar-refractivity contribution in [3.05, 3.63) is 29.3 Å². The molecule has 7 heteroatoms. The van der Waals surface area contributed by atoms with Crippen LogP contribution in [0.3, 0.4) is 0 Å². The molecule has 0 amide bonds. The molecular weight excluding hydrogens is 313 g/mol. The Hall–Kier alpha value is -1.02. The molecule has 0 aromatic heterocycles. The zero-order valence-electron chi connectivity index (χ0n) is 14.8. The van der Waals surface area contributed by atoms with Crippen LogP contribution in [0.25, 0.3) is 0 Å². The molecule has 0 bridgehead atoms. The molecule has 1 aromatic carbocycles. The number of piperazine rings is 1. The Kier molecular flexibility index (Phi) is 4.72. The van der Waals surface area contributed by atoms with Crippen molar-refractivity contribution in [1.29, 1.82) is 0 Å². The van der Waals surface area contributed by atoms with E-state index >= 15 is 0 Å². The van der Waals surface area contributed by atoms with Crippen molar-refractivity contribution in [3.8, 4) is 0 Å². The van der Waals surface area contributed by atoms with Crippen LogP contribution in [0.1, 0.15) is 33.3 Å². The number of benzene rings is 1. The van der Waals surface area contributed by atoms with Crippen molar-refractivity contribution in [2.75, 3.05) is 26.2 Å². The van der Waals surface area contributed by atoms with Crippen LogP contribution < -0.4 is 10.8 Å². The minimum absolute atomic E-state index is 0.108. The molecule has 0 saturated carbocycles. The summed E-state index contributed by atoms with van der Waals surface area (Å²) in [6.07, 6.45) is 0. The molecule has 0 spiro atoms. The van der Waals surface area contributed by atoms with Gasteiger partial charge in [-0.25, -0.2) is 8.78 Å². The van der Waals surface area contributed by atoms with E-state index in [1.54, 1.807) is 0 Å². The Morgan fingerprint density at radius 2 is 1.54 bits per heavy atom. The quantitative estimate of drug-likeness (QED) is 0.851. The van der Waals surface area contributed by atoms with Gasteiger partial charge in [0, 0.05) is 38.3 Å². The maximum Gasteiger partial charge on any atom is 0.495 e. The predicted molar refractivity (Wildman–Crippen MR) is 90.2 cm³/mol. The molecule has 0 aliphatic carbocycles. The summed E-state index contributed by atoms with van der Waals surface area (Å²) >= 11 is 0. The number of nitrogens with zero attached hydrogens (tertiary/aromatic N) is 1. The lowest BCUT2D eigenvalue weighted by Gasteiger charge is -2.32. The fraction of sp³-hybridized carbons (Fsp3) is 0.647. The molecule has 0 unspecified atom stereocenters. The predicted octanol–water partition coefficient (Wildman–Crippen LogP) is 1.67. The van der Waals surface area contributed by atoms with Gasteiger partial charge in [-0.1, -0.05) is 0 Å². The maximum absolute atomic E-state index is 14.5. The highest BCUT2D eigenvalue weighted by Crippen LogP contribution is 2.36. The molecule has 2 aliphatic heterocycles. The second-order valence-electron chi connectivity index (χ2n) is 7.58. The molecule has 2 aliphatic rings. The molecule has 4 nitrogen and oxygen atoms in total. The topological polar surface area (TPSA) is 33.7 Å². The summed E-state index contributed by atoms with van der Waals surface area (Å²) in [6, 6.07) is 2.67. The summed E-state index contributed by atoms with van der Waals surface area (Å²) in [5.74, 6) is -1.09. The zero-order chi connectivity index (χ0) is 17.5.